The van der Waals surface area contributed by atoms with Crippen LogP contribution in [0, 0.1) is 10.1 Å². The summed E-state index contributed by atoms with van der Waals surface area (Å²) in [5, 5.41) is 20.5. The smallest absolute Gasteiger partial charge is 0.284 e. The number of hydrogen-bond donors (Lipinski definition) is 2. The van der Waals surface area contributed by atoms with Gasteiger partial charge in [-0.15, -0.1) is 0 Å². The molecule has 1 saturated heterocycles. The van der Waals surface area contributed by atoms with Gasteiger partial charge in [-0.3, -0.25) is 19.7 Å². The number of carbonyl (C=O) groups excluding carboxylic acids is 2. The van der Waals surface area contributed by atoms with Crippen LogP contribution in [0.3, 0.4) is 0 Å². The molecule has 112 valence electrons. The Labute approximate surface area is 127 Å². The lowest BCUT2D eigenvalue weighted by molar-refractivity contribution is -0.385. The highest BCUT2D eigenvalue weighted by atomic mass is 79.9. The second-order valence-electron chi connectivity index (χ2n) is 4.69. The number of likely N-dealkylation sites (tertiary alicyclic amines) is 1. The van der Waals surface area contributed by atoms with Gasteiger partial charge in [-0.25, -0.2) is 0 Å². The van der Waals surface area contributed by atoms with Crippen molar-refractivity contribution in [1.82, 2.24) is 4.90 Å². The fourth-order valence-electron chi connectivity index (χ4n) is 2.26. The van der Waals surface area contributed by atoms with Crippen molar-refractivity contribution >= 4 is 33.4 Å². The fraction of sp³-hybridized carbons (Fsp3) is 0.333. The molecule has 1 aromatic rings. The van der Waals surface area contributed by atoms with E-state index in [0.717, 1.165) is 11.0 Å². The number of aliphatic hydroxyl groups is 1. The molecule has 3 N–H and O–H groups in total. The zero-order valence-electron chi connectivity index (χ0n) is 10.7. The molecule has 0 saturated carbocycles. The van der Waals surface area contributed by atoms with Crippen LogP contribution >= 0.6 is 15.9 Å². The first kappa shape index (κ1) is 15.4. The van der Waals surface area contributed by atoms with Gasteiger partial charge in [0.1, 0.15) is 6.04 Å². The van der Waals surface area contributed by atoms with E-state index in [4.69, 9.17) is 5.73 Å². The number of rotatable bonds is 3. The summed E-state index contributed by atoms with van der Waals surface area (Å²) in [4.78, 5) is 35.1. The van der Waals surface area contributed by atoms with Gasteiger partial charge in [0, 0.05) is 24.6 Å². The number of β-amino-alcohol motifs (C(OH)–C–C–N with tert-alkyl or cyclic N) is 1. The highest BCUT2D eigenvalue weighted by Gasteiger charge is 2.38. The number of benzene rings is 1. The molecule has 1 aliphatic rings. The monoisotopic (exact) mass is 357 g/mol. The first-order chi connectivity index (χ1) is 9.81. The molecule has 0 spiro atoms. The zero-order chi connectivity index (χ0) is 15.7. The maximum Gasteiger partial charge on any atom is 0.284 e. The Kier molecular flexibility index (Phi) is 4.24. The first-order valence-electron chi connectivity index (χ1n) is 6.03. The van der Waals surface area contributed by atoms with Gasteiger partial charge < -0.3 is 15.7 Å². The Morgan fingerprint density at radius 2 is 2.14 bits per heavy atom. The first-order valence-corrected chi connectivity index (χ1v) is 6.83. The minimum absolute atomic E-state index is 0.0314. The van der Waals surface area contributed by atoms with Crippen LogP contribution in [0.2, 0.25) is 0 Å². The van der Waals surface area contributed by atoms with Crippen LogP contribution in [0.1, 0.15) is 16.8 Å². The van der Waals surface area contributed by atoms with E-state index in [1.807, 2.05) is 0 Å². The van der Waals surface area contributed by atoms with Crippen LogP contribution in [0.5, 0.6) is 0 Å². The van der Waals surface area contributed by atoms with Crippen LogP contribution in [-0.2, 0) is 4.79 Å². The maximum atomic E-state index is 12.4. The second kappa shape index (κ2) is 5.78. The van der Waals surface area contributed by atoms with Crippen LogP contribution in [0.4, 0.5) is 5.69 Å². The summed E-state index contributed by atoms with van der Waals surface area (Å²) in [6.45, 7) is -0.0314. The summed E-state index contributed by atoms with van der Waals surface area (Å²) < 4.78 is 0.247. The molecule has 2 amide bonds. The molecule has 0 bridgehead atoms. The number of halogens is 1. The molecule has 2 atom stereocenters. The van der Waals surface area contributed by atoms with E-state index in [9.17, 15) is 24.8 Å². The van der Waals surface area contributed by atoms with Crippen molar-refractivity contribution in [2.45, 2.75) is 18.6 Å². The van der Waals surface area contributed by atoms with Crippen LogP contribution < -0.4 is 5.73 Å². The number of nitro groups is 1. The molecule has 2 rings (SSSR count). The quantitative estimate of drug-likeness (QED) is 0.598. The summed E-state index contributed by atoms with van der Waals surface area (Å²) in [5.41, 5.74) is 5.02. The molecule has 1 aromatic carbocycles. The molecular formula is C12H12BrN3O5. The molecule has 0 aliphatic carbocycles. The van der Waals surface area contributed by atoms with Crippen LogP contribution in [-0.4, -0.2) is 45.4 Å². The largest absolute Gasteiger partial charge is 0.391 e. The fourth-order valence-corrected chi connectivity index (χ4v) is 2.65. The molecule has 0 radical (unpaired) electrons. The second-order valence-corrected chi connectivity index (χ2v) is 5.54. The molecular weight excluding hydrogens is 346 g/mol. The maximum absolute atomic E-state index is 12.4. The van der Waals surface area contributed by atoms with Crippen molar-refractivity contribution < 1.29 is 19.6 Å². The third kappa shape index (κ3) is 3.03. The van der Waals surface area contributed by atoms with Gasteiger partial charge in [-0.2, -0.15) is 0 Å². The number of nitro benzene ring substituents is 1. The SMILES string of the molecule is NC(=O)C1CC(O)CN1C(=O)c1ccc(Br)c([N+](=O)[O-])c1. The molecule has 1 fully saturated rings. The van der Waals surface area contributed by atoms with Crippen LogP contribution in [0.25, 0.3) is 0 Å². The molecule has 9 heteroatoms. The van der Waals surface area contributed by atoms with E-state index in [-0.39, 0.29) is 28.7 Å². The standard InChI is InChI=1S/C12H12BrN3O5/c13-8-2-1-6(3-9(8)16(20)21)12(19)15-5-7(17)4-10(15)11(14)18/h1-3,7,10,17H,4-5H2,(H2,14,18). The minimum Gasteiger partial charge on any atom is -0.391 e. The van der Waals surface area contributed by atoms with Crippen molar-refractivity contribution in [2.24, 2.45) is 5.73 Å². The average molecular weight is 358 g/mol. The van der Waals surface area contributed by atoms with Crippen molar-refractivity contribution in [2.75, 3.05) is 6.54 Å². The van der Waals surface area contributed by atoms with Gasteiger partial charge in [-0.1, -0.05) is 0 Å². The van der Waals surface area contributed by atoms with E-state index in [0.29, 0.717) is 0 Å². The van der Waals surface area contributed by atoms with Crippen molar-refractivity contribution in [3.63, 3.8) is 0 Å². The van der Waals surface area contributed by atoms with Gasteiger partial charge in [0.2, 0.25) is 5.91 Å². The summed E-state index contributed by atoms with van der Waals surface area (Å²) in [5.74, 6) is -1.29. The highest BCUT2D eigenvalue weighted by Crippen LogP contribution is 2.27. The van der Waals surface area contributed by atoms with Gasteiger partial charge in [0.15, 0.2) is 0 Å². The van der Waals surface area contributed by atoms with E-state index >= 15 is 0 Å². The Hall–Kier alpha value is -2.00. The zero-order valence-corrected chi connectivity index (χ0v) is 12.3. The summed E-state index contributed by atoms with van der Waals surface area (Å²) in [6, 6.07) is 3.00. The van der Waals surface area contributed by atoms with E-state index < -0.39 is 28.9 Å². The Morgan fingerprint density at radius 1 is 1.48 bits per heavy atom. The van der Waals surface area contributed by atoms with Crippen molar-refractivity contribution in [3.8, 4) is 0 Å². The molecule has 1 heterocycles. The third-order valence-electron chi connectivity index (χ3n) is 3.26. The van der Waals surface area contributed by atoms with E-state index in [1.165, 1.54) is 12.1 Å². The Bertz CT molecular complexity index is 621. The molecule has 0 aromatic heterocycles. The third-order valence-corrected chi connectivity index (χ3v) is 3.93. The molecule has 21 heavy (non-hydrogen) atoms. The van der Waals surface area contributed by atoms with Gasteiger partial charge >= 0.3 is 0 Å². The number of nitrogens with two attached hydrogens (primary N) is 1. The summed E-state index contributed by atoms with van der Waals surface area (Å²) in [6.07, 6.45) is -0.767. The Morgan fingerprint density at radius 3 is 2.71 bits per heavy atom. The molecule has 2 unspecified atom stereocenters. The van der Waals surface area contributed by atoms with Gasteiger partial charge in [-0.05, 0) is 28.1 Å². The lowest BCUT2D eigenvalue weighted by atomic mass is 10.1. The number of primary amides is 1. The summed E-state index contributed by atoms with van der Waals surface area (Å²) in [7, 11) is 0. The van der Waals surface area contributed by atoms with Crippen molar-refractivity contribution in [3.05, 3.63) is 38.3 Å². The topological polar surface area (TPSA) is 127 Å². The predicted molar refractivity (Wildman–Crippen MR) is 75.4 cm³/mol. The number of amides is 2. The predicted octanol–water partition coefficient (Wildman–Crippen LogP) is 0.418. The summed E-state index contributed by atoms with van der Waals surface area (Å²) >= 11 is 3.03. The number of nitrogens with zero attached hydrogens (tertiary/aromatic N) is 2. The lowest BCUT2D eigenvalue weighted by Gasteiger charge is -2.21. The van der Waals surface area contributed by atoms with E-state index in [1.54, 1.807) is 0 Å². The van der Waals surface area contributed by atoms with Gasteiger partial charge in [0.25, 0.3) is 11.6 Å². The van der Waals surface area contributed by atoms with Crippen molar-refractivity contribution in [1.29, 1.82) is 0 Å². The average Bonchev–Trinajstić information content (AvgIpc) is 2.80. The normalized spacial score (nSPS) is 21.3. The number of hydrogen-bond acceptors (Lipinski definition) is 5. The Balaban J connectivity index is 2.33. The van der Waals surface area contributed by atoms with Crippen LogP contribution in [0.15, 0.2) is 22.7 Å². The van der Waals surface area contributed by atoms with Gasteiger partial charge in [0.05, 0.1) is 15.5 Å². The number of carbonyl (C=O) groups is 2. The van der Waals surface area contributed by atoms with E-state index in [2.05, 4.69) is 15.9 Å². The minimum atomic E-state index is -0.907. The highest BCUT2D eigenvalue weighted by molar-refractivity contribution is 9.10. The molecule has 8 nitrogen and oxygen atoms in total. The lowest BCUT2D eigenvalue weighted by Crippen LogP contribution is -2.43. The molecule has 1 aliphatic heterocycles. The number of aliphatic hydroxyl groups excluding tert-OH is 1.